The van der Waals surface area contributed by atoms with Crippen LogP contribution in [0.1, 0.15) is 12.0 Å². The van der Waals surface area contributed by atoms with Gasteiger partial charge in [0.2, 0.25) is 0 Å². The number of hydrogen-bond donors (Lipinski definition) is 0. The first-order chi connectivity index (χ1) is 7.46. The van der Waals surface area contributed by atoms with Crippen LogP contribution in [0.2, 0.25) is 14.0 Å². The molecule has 2 rings (SSSR count). The summed E-state index contributed by atoms with van der Waals surface area (Å²) in [7, 11) is 0. The van der Waals surface area contributed by atoms with Crippen LogP contribution in [0.15, 0.2) is 51.9 Å². The molecule has 0 bridgehead atoms. The molecule has 0 saturated carbocycles. The second kappa shape index (κ2) is 4.10. The summed E-state index contributed by atoms with van der Waals surface area (Å²) < 4.78 is 10.8. The fourth-order valence-corrected chi connectivity index (χ4v) is 15.1. The molecule has 1 aliphatic carbocycles. The van der Waals surface area contributed by atoms with Crippen molar-refractivity contribution in [3.63, 3.8) is 0 Å². The van der Waals surface area contributed by atoms with Gasteiger partial charge in [0.05, 0.1) is 0 Å². The summed E-state index contributed by atoms with van der Waals surface area (Å²) >= 11 is -2.73. The Labute approximate surface area is 100 Å². The maximum atomic E-state index is 2.57. The Bertz CT molecular complexity index is 429. The Kier molecular flexibility index (Phi) is 3.09. The quantitative estimate of drug-likeness (QED) is 0.658. The van der Waals surface area contributed by atoms with Gasteiger partial charge >= 0.3 is 101 Å². The van der Waals surface area contributed by atoms with E-state index in [1.807, 2.05) is 0 Å². The van der Waals surface area contributed by atoms with Crippen molar-refractivity contribution in [2.24, 2.45) is 0 Å². The molecule has 1 aromatic rings. The van der Waals surface area contributed by atoms with E-state index in [0.29, 0.717) is 0 Å². The summed E-state index contributed by atoms with van der Waals surface area (Å²) in [6.45, 7) is 0. The van der Waals surface area contributed by atoms with E-state index < -0.39 is 18.5 Å². The zero-order valence-electron chi connectivity index (χ0n) is 10.5. The average molecular weight is 380 g/mol. The summed E-state index contributed by atoms with van der Waals surface area (Å²) in [5.74, 6) is 0. The first-order valence-electron chi connectivity index (χ1n) is 6.08. The molecule has 0 aromatic heterocycles. The first-order valence-corrected chi connectivity index (χ1v) is 21.2. The molecule has 0 nitrogen and oxygen atoms in total. The molecule has 85 valence electrons. The van der Waals surface area contributed by atoms with Gasteiger partial charge < -0.3 is 0 Å². The van der Waals surface area contributed by atoms with Gasteiger partial charge in [-0.3, -0.25) is 0 Å². The van der Waals surface area contributed by atoms with Gasteiger partial charge in [-0.25, -0.2) is 0 Å². The SMILES string of the molecule is [CH3][Hf]([CH3])([CH3])([CH2]c1ccccc1)[C]1=CC=CC1. The second-order valence-corrected chi connectivity index (χ2v) is 35.1. The standard InChI is InChI=1S/C7H7.C5H5.3CH3.Hf/c1-7-5-3-2-4-6-7;1-2-4-5-3-1;;;;/h2-6H,1H2;1-3H,4H2;3*1H3;. The van der Waals surface area contributed by atoms with Crippen molar-refractivity contribution in [3.8, 4) is 0 Å². The monoisotopic (exact) mass is 381 g/mol. The molecule has 0 atom stereocenters. The van der Waals surface area contributed by atoms with E-state index >= 15 is 0 Å². The molecular weight excluding hydrogens is 359 g/mol. The van der Waals surface area contributed by atoms with Gasteiger partial charge in [0.1, 0.15) is 0 Å². The van der Waals surface area contributed by atoms with Gasteiger partial charge in [-0.05, 0) is 0 Å². The Morgan fingerprint density at radius 2 is 1.75 bits per heavy atom. The molecule has 0 saturated heterocycles. The number of rotatable bonds is 3. The van der Waals surface area contributed by atoms with Crippen LogP contribution in [0.3, 0.4) is 0 Å². The fraction of sp³-hybridized carbons (Fsp3) is 0.333. The Balaban J connectivity index is 2.25. The van der Waals surface area contributed by atoms with Crippen LogP contribution >= 0.6 is 0 Å². The molecule has 0 radical (unpaired) electrons. The average Bonchev–Trinajstić information content (AvgIpc) is 2.71. The summed E-state index contributed by atoms with van der Waals surface area (Å²) in [5.41, 5.74) is 1.51. The normalized spacial score (nSPS) is 17.9. The van der Waals surface area contributed by atoms with Crippen LogP contribution in [0.4, 0.5) is 0 Å². The number of benzene rings is 1. The molecule has 0 spiro atoms. The maximum absolute atomic E-state index is 2.73. The van der Waals surface area contributed by atoms with Crippen LogP contribution in [0.5, 0.6) is 0 Å². The topological polar surface area (TPSA) is 0 Å². The third kappa shape index (κ3) is 2.63. The molecule has 0 amide bonds. The van der Waals surface area contributed by atoms with Gasteiger partial charge in [0, 0.05) is 0 Å². The van der Waals surface area contributed by atoms with Gasteiger partial charge in [-0.15, -0.1) is 0 Å². The third-order valence-corrected chi connectivity index (χ3v) is 19.4. The van der Waals surface area contributed by atoms with Crippen molar-refractivity contribution in [1.82, 2.24) is 0 Å². The van der Waals surface area contributed by atoms with Crippen molar-refractivity contribution in [1.29, 1.82) is 0 Å². The van der Waals surface area contributed by atoms with Gasteiger partial charge in [0.15, 0.2) is 0 Å². The minimum absolute atomic E-state index is 1.20. The third-order valence-electron chi connectivity index (χ3n) is 3.63. The van der Waals surface area contributed by atoms with E-state index in [-0.39, 0.29) is 0 Å². The Hall–Kier alpha value is -0.430. The molecule has 1 aliphatic rings. The number of allylic oxidation sites excluding steroid dienone is 4. The van der Waals surface area contributed by atoms with Crippen LogP contribution < -0.4 is 0 Å². The molecule has 16 heavy (non-hydrogen) atoms. The molecule has 0 unspecified atom stereocenters. The predicted octanol–water partition coefficient (Wildman–Crippen LogP) is 4.86. The molecule has 0 heterocycles. The summed E-state index contributed by atoms with van der Waals surface area (Å²) in [6.07, 6.45) is 8.10. The van der Waals surface area contributed by atoms with E-state index in [4.69, 9.17) is 0 Å². The fourth-order valence-electron chi connectivity index (χ4n) is 2.56. The van der Waals surface area contributed by atoms with Crippen molar-refractivity contribution in [3.05, 3.63) is 57.5 Å². The van der Waals surface area contributed by atoms with Crippen molar-refractivity contribution in [2.45, 2.75) is 24.6 Å². The van der Waals surface area contributed by atoms with E-state index in [0.717, 1.165) is 0 Å². The van der Waals surface area contributed by atoms with Gasteiger partial charge in [-0.1, -0.05) is 0 Å². The zero-order chi connectivity index (χ0) is 11.7. The molecule has 1 heteroatoms. The minimum atomic E-state index is -2.73. The van der Waals surface area contributed by atoms with E-state index in [9.17, 15) is 0 Å². The molecule has 0 fully saturated rings. The Morgan fingerprint density at radius 3 is 2.31 bits per heavy atom. The summed E-state index contributed by atoms with van der Waals surface area (Å²) in [4.78, 5) is 0. The van der Waals surface area contributed by atoms with Crippen LogP contribution in [0.25, 0.3) is 0 Å². The summed E-state index contributed by atoms with van der Waals surface area (Å²) in [6, 6.07) is 11.0. The first kappa shape index (κ1) is 12.0. The van der Waals surface area contributed by atoms with Crippen molar-refractivity contribution in [2.75, 3.05) is 0 Å². The predicted molar refractivity (Wildman–Crippen MR) is 69.6 cm³/mol. The second-order valence-electron chi connectivity index (χ2n) is 6.47. The van der Waals surface area contributed by atoms with E-state index in [2.05, 4.69) is 62.6 Å². The molecular formula is C15H21Hf. The van der Waals surface area contributed by atoms with E-state index in [1.165, 1.54) is 16.2 Å². The summed E-state index contributed by atoms with van der Waals surface area (Å²) in [5, 5.41) is 0. The van der Waals surface area contributed by atoms with E-state index in [1.54, 1.807) is 3.33 Å². The zero-order valence-corrected chi connectivity index (χ0v) is 14.1. The van der Waals surface area contributed by atoms with Gasteiger partial charge in [0.25, 0.3) is 0 Å². The molecule has 0 N–H and O–H groups in total. The van der Waals surface area contributed by atoms with Crippen molar-refractivity contribution >= 4 is 0 Å². The van der Waals surface area contributed by atoms with Crippen LogP contribution in [0, 0.1) is 0 Å². The Morgan fingerprint density at radius 1 is 1.06 bits per heavy atom. The van der Waals surface area contributed by atoms with Crippen LogP contribution in [-0.2, 0) is 22.7 Å². The molecule has 1 aromatic carbocycles. The van der Waals surface area contributed by atoms with Crippen LogP contribution in [-0.4, -0.2) is 0 Å². The molecule has 0 aliphatic heterocycles. The number of hydrogen-bond acceptors (Lipinski definition) is 0. The van der Waals surface area contributed by atoms with Crippen molar-refractivity contribution < 1.29 is 18.5 Å². The van der Waals surface area contributed by atoms with Gasteiger partial charge in [-0.2, -0.15) is 0 Å².